The summed E-state index contributed by atoms with van der Waals surface area (Å²) in [5, 5.41) is 11.3. The Kier molecular flexibility index (Phi) is 3.23. The molecular weight excluding hydrogens is 228 g/mol. The summed E-state index contributed by atoms with van der Waals surface area (Å²) in [5.41, 5.74) is 0.580. The van der Waals surface area contributed by atoms with Crippen LogP contribution in [0.2, 0.25) is 0 Å². The molecule has 1 aromatic heterocycles. The molecule has 2 rings (SSSR count). The molecule has 0 aliphatic rings. The van der Waals surface area contributed by atoms with Crippen LogP contribution in [-0.4, -0.2) is 26.0 Å². The second-order valence-electron chi connectivity index (χ2n) is 5.22. The van der Waals surface area contributed by atoms with Crippen LogP contribution in [0.15, 0.2) is 30.3 Å². The summed E-state index contributed by atoms with van der Waals surface area (Å²) in [4.78, 5) is 12.2. The van der Waals surface area contributed by atoms with Crippen LogP contribution in [-0.2, 0) is 6.54 Å². The van der Waals surface area contributed by atoms with Crippen molar-refractivity contribution in [1.29, 1.82) is 0 Å². The number of hydrogen-bond acceptors (Lipinski definition) is 4. The third kappa shape index (κ3) is 2.61. The summed E-state index contributed by atoms with van der Waals surface area (Å²) < 4.78 is 1.54. The summed E-state index contributed by atoms with van der Waals surface area (Å²) in [7, 11) is 0. The lowest BCUT2D eigenvalue weighted by molar-refractivity contribution is 0.0841. The summed E-state index contributed by atoms with van der Waals surface area (Å²) in [6, 6.07) is 9.81. The Morgan fingerprint density at radius 3 is 2.50 bits per heavy atom. The van der Waals surface area contributed by atoms with Gasteiger partial charge in [-0.1, -0.05) is 51.1 Å². The fourth-order valence-corrected chi connectivity index (χ4v) is 1.57. The van der Waals surface area contributed by atoms with Crippen molar-refractivity contribution in [2.45, 2.75) is 27.3 Å². The molecule has 94 valence electrons. The highest BCUT2D eigenvalue weighted by Gasteiger charge is 2.28. The molecule has 0 atom stereocenters. The number of carbonyl (C=O) groups is 1. The predicted octanol–water partition coefficient (Wildman–Crippen LogP) is 1.95. The lowest BCUT2D eigenvalue weighted by Gasteiger charge is -2.15. The molecule has 5 heteroatoms. The van der Waals surface area contributed by atoms with Gasteiger partial charge in [0.2, 0.25) is 11.6 Å². The van der Waals surface area contributed by atoms with Gasteiger partial charge in [-0.25, -0.2) is 4.68 Å². The van der Waals surface area contributed by atoms with Crippen molar-refractivity contribution in [3.8, 4) is 0 Å². The van der Waals surface area contributed by atoms with Crippen LogP contribution < -0.4 is 0 Å². The van der Waals surface area contributed by atoms with Crippen molar-refractivity contribution in [1.82, 2.24) is 20.2 Å². The van der Waals surface area contributed by atoms with E-state index in [9.17, 15) is 4.79 Å². The number of nitrogens with zero attached hydrogens (tertiary/aromatic N) is 4. The number of rotatable bonds is 3. The molecule has 0 saturated heterocycles. The third-order valence-corrected chi connectivity index (χ3v) is 2.59. The second-order valence-corrected chi connectivity index (χ2v) is 5.22. The Morgan fingerprint density at radius 1 is 1.22 bits per heavy atom. The Balaban J connectivity index is 2.26. The standard InChI is InChI=1S/C13H16N4O/c1-13(2,3)11(18)12-14-15-16-17(12)9-10-7-5-4-6-8-10/h4-8H,9H2,1-3H3. The molecule has 0 spiro atoms. The molecule has 0 aliphatic heterocycles. The molecular formula is C13H16N4O. The molecule has 0 aliphatic carbocycles. The first-order valence-corrected chi connectivity index (χ1v) is 5.83. The van der Waals surface area contributed by atoms with Gasteiger partial charge in [0.05, 0.1) is 6.54 Å². The normalized spacial score (nSPS) is 11.5. The molecule has 0 amide bonds. The van der Waals surface area contributed by atoms with Crippen molar-refractivity contribution in [2.24, 2.45) is 5.41 Å². The maximum atomic E-state index is 12.2. The number of aromatic nitrogens is 4. The van der Waals surface area contributed by atoms with E-state index in [4.69, 9.17) is 0 Å². The zero-order chi connectivity index (χ0) is 13.2. The van der Waals surface area contributed by atoms with Gasteiger partial charge in [0, 0.05) is 5.41 Å². The van der Waals surface area contributed by atoms with Crippen LogP contribution in [0, 0.1) is 5.41 Å². The van der Waals surface area contributed by atoms with Crippen LogP contribution in [0.25, 0.3) is 0 Å². The molecule has 0 bridgehead atoms. The van der Waals surface area contributed by atoms with Gasteiger partial charge >= 0.3 is 0 Å². The molecule has 0 fully saturated rings. The summed E-state index contributed by atoms with van der Waals surface area (Å²) in [6.07, 6.45) is 0. The highest BCUT2D eigenvalue weighted by molar-refractivity contribution is 5.96. The maximum absolute atomic E-state index is 12.2. The monoisotopic (exact) mass is 244 g/mol. The van der Waals surface area contributed by atoms with E-state index >= 15 is 0 Å². The number of carbonyl (C=O) groups excluding carboxylic acids is 1. The van der Waals surface area contributed by atoms with E-state index in [1.165, 1.54) is 0 Å². The summed E-state index contributed by atoms with van der Waals surface area (Å²) >= 11 is 0. The van der Waals surface area contributed by atoms with Gasteiger partial charge in [0.15, 0.2) is 0 Å². The number of Topliss-reactive ketones (excluding diaryl/α,β-unsaturated/α-hetero) is 1. The van der Waals surface area contributed by atoms with Crippen molar-refractivity contribution < 1.29 is 4.79 Å². The summed E-state index contributed by atoms with van der Waals surface area (Å²) in [5.74, 6) is 0.259. The first-order chi connectivity index (χ1) is 8.48. The predicted molar refractivity (Wildman–Crippen MR) is 67.1 cm³/mol. The molecule has 5 nitrogen and oxygen atoms in total. The zero-order valence-corrected chi connectivity index (χ0v) is 10.8. The van der Waals surface area contributed by atoms with Crippen LogP contribution in [0.3, 0.4) is 0 Å². The van der Waals surface area contributed by atoms with Crippen LogP contribution in [0.4, 0.5) is 0 Å². The lowest BCUT2D eigenvalue weighted by Crippen LogP contribution is -2.25. The molecule has 1 heterocycles. The highest BCUT2D eigenvalue weighted by Crippen LogP contribution is 2.19. The summed E-state index contributed by atoms with van der Waals surface area (Å²) in [6.45, 7) is 6.08. The van der Waals surface area contributed by atoms with Crippen molar-refractivity contribution in [3.05, 3.63) is 41.7 Å². The second kappa shape index (κ2) is 4.68. The fraction of sp³-hybridized carbons (Fsp3) is 0.385. The van der Waals surface area contributed by atoms with E-state index in [1.54, 1.807) is 4.68 Å². The van der Waals surface area contributed by atoms with Crippen LogP contribution >= 0.6 is 0 Å². The maximum Gasteiger partial charge on any atom is 0.219 e. The number of hydrogen-bond donors (Lipinski definition) is 0. The largest absolute Gasteiger partial charge is 0.290 e. The van der Waals surface area contributed by atoms with Crippen molar-refractivity contribution in [2.75, 3.05) is 0 Å². The molecule has 0 N–H and O–H groups in total. The van der Waals surface area contributed by atoms with Crippen molar-refractivity contribution in [3.63, 3.8) is 0 Å². The third-order valence-electron chi connectivity index (χ3n) is 2.59. The van der Waals surface area contributed by atoms with Crippen molar-refractivity contribution >= 4 is 5.78 Å². The van der Waals surface area contributed by atoms with E-state index in [2.05, 4.69) is 15.5 Å². The quantitative estimate of drug-likeness (QED) is 0.774. The van der Waals surface area contributed by atoms with Crippen LogP contribution in [0.5, 0.6) is 0 Å². The Labute approximate surface area is 106 Å². The number of benzene rings is 1. The van der Waals surface area contributed by atoms with E-state index in [0.29, 0.717) is 12.4 Å². The average Bonchev–Trinajstić information content (AvgIpc) is 2.76. The highest BCUT2D eigenvalue weighted by atomic mass is 16.1. The average molecular weight is 244 g/mol. The van der Waals surface area contributed by atoms with E-state index in [1.807, 2.05) is 51.1 Å². The van der Waals surface area contributed by atoms with Gasteiger partial charge in [-0.2, -0.15) is 0 Å². The fourth-order valence-electron chi connectivity index (χ4n) is 1.57. The molecule has 1 aromatic carbocycles. The Hall–Kier alpha value is -2.04. The van der Waals surface area contributed by atoms with Gasteiger partial charge in [-0.15, -0.1) is 5.10 Å². The van der Waals surface area contributed by atoms with Gasteiger partial charge in [0.25, 0.3) is 0 Å². The Bertz CT molecular complexity index is 540. The minimum Gasteiger partial charge on any atom is -0.290 e. The smallest absolute Gasteiger partial charge is 0.219 e. The Morgan fingerprint density at radius 2 is 1.89 bits per heavy atom. The lowest BCUT2D eigenvalue weighted by atomic mass is 9.90. The molecule has 18 heavy (non-hydrogen) atoms. The molecule has 0 saturated carbocycles. The zero-order valence-electron chi connectivity index (χ0n) is 10.8. The molecule has 0 radical (unpaired) electrons. The van der Waals surface area contributed by atoms with Gasteiger partial charge in [-0.3, -0.25) is 4.79 Å². The topological polar surface area (TPSA) is 60.7 Å². The first kappa shape index (κ1) is 12.4. The van der Waals surface area contributed by atoms with Gasteiger partial charge in [-0.05, 0) is 16.0 Å². The minimum atomic E-state index is -0.483. The molecule has 0 unspecified atom stereocenters. The molecule has 2 aromatic rings. The number of tetrazole rings is 1. The van der Waals surface area contributed by atoms with Crippen LogP contribution in [0.1, 0.15) is 37.0 Å². The SMILES string of the molecule is CC(C)(C)C(=O)c1nnnn1Cc1ccccc1. The van der Waals surface area contributed by atoms with Gasteiger partial charge in [0.1, 0.15) is 0 Å². The van der Waals surface area contributed by atoms with E-state index < -0.39 is 5.41 Å². The number of ketones is 1. The van der Waals surface area contributed by atoms with E-state index in [0.717, 1.165) is 5.56 Å². The minimum absolute atomic E-state index is 0.0524. The first-order valence-electron chi connectivity index (χ1n) is 5.83. The van der Waals surface area contributed by atoms with Gasteiger partial charge < -0.3 is 0 Å². The van der Waals surface area contributed by atoms with E-state index in [-0.39, 0.29) is 5.78 Å².